The first kappa shape index (κ1) is 18.3. The minimum Gasteiger partial charge on any atom is -0.869 e. The summed E-state index contributed by atoms with van der Waals surface area (Å²) in [5.41, 5.74) is 0.270. The first-order chi connectivity index (χ1) is 11.5. The maximum absolute atomic E-state index is 10.9. The summed E-state index contributed by atoms with van der Waals surface area (Å²) in [6.07, 6.45) is 0. The molecule has 0 amide bonds. The van der Waals surface area contributed by atoms with Gasteiger partial charge in [0.2, 0.25) is 11.1 Å². The number of aromatic nitrogens is 2. The van der Waals surface area contributed by atoms with Gasteiger partial charge < -0.3 is 20.2 Å². The summed E-state index contributed by atoms with van der Waals surface area (Å²) >= 11 is 0. The number of aromatic amines is 2. The van der Waals surface area contributed by atoms with Crippen molar-refractivity contribution in [2.45, 2.75) is 0 Å². The van der Waals surface area contributed by atoms with Gasteiger partial charge in [-0.1, -0.05) is 48.5 Å². The van der Waals surface area contributed by atoms with E-state index in [0.717, 1.165) is 10.8 Å². The maximum atomic E-state index is 10.9. The van der Waals surface area contributed by atoms with Crippen LogP contribution in [0.4, 0.5) is 0 Å². The predicted molar refractivity (Wildman–Crippen MR) is 88.0 cm³/mol. The van der Waals surface area contributed by atoms with E-state index in [1.54, 1.807) is 24.3 Å². The zero-order valence-corrected chi connectivity index (χ0v) is 13.6. The Hall–Kier alpha value is -3.02. The molecule has 0 aliphatic rings. The normalized spacial score (nSPS) is 9.92. The van der Waals surface area contributed by atoms with Gasteiger partial charge in [0.05, 0.1) is 0 Å². The molecule has 2 N–H and O–H groups in total. The number of rotatable bonds is 0. The van der Waals surface area contributed by atoms with E-state index in [1.165, 1.54) is 12.1 Å². The number of benzene rings is 2. The molecule has 2 aromatic heterocycles. The van der Waals surface area contributed by atoms with Crippen molar-refractivity contribution in [1.29, 1.82) is 0 Å². The SMILES string of the molecule is O=c1[nH]c2ccccc2cc1[O-].O=c1[nH]c2ccccc2cc1[O-].[Cu+2]. The Labute approximate surface area is 152 Å². The Bertz CT molecular complexity index is 1040. The van der Waals surface area contributed by atoms with Crippen LogP contribution >= 0.6 is 0 Å². The van der Waals surface area contributed by atoms with E-state index < -0.39 is 22.6 Å². The van der Waals surface area contributed by atoms with Crippen LogP contribution in [0.15, 0.2) is 70.3 Å². The average Bonchev–Trinajstić information content (AvgIpc) is 2.57. The fourth-order valence-electron chi connectivity index (χ4n) is 2.25. The Balaban J connectivity index is 0.000000173. The fraction of sp³-hybridized carbons (Fsp3) is 0. The molecule has 4 aromatic rings. The monoisotopic (exact) mass is 383 g/mol. The third-order valence-corrected chi connectivity index (χ3v) is 3.44. The fourth-order valence-corrected chi connectivity index (χ4v) is 2.25. The average molecular weight is 384 g/mol. The molecule has 4 rings (SSSR count). The number of para-hydroxylation sites is 2. The third kappa shape index (κ3) is 4.09. The zero-order valence-electron chi connectivity index (χ0n) is 12.7. The molecule has 2 aromatic carbocycles. The molecule has 0 atom stereocenters. The van der Waals surface area contributed by atoms with Gasteiger partial charge >= 0.3 is 17.1 Å². The van der Waals surface area contributed by atoms with Crippen molar-refractivity contribution in [3.05, 3.63) is 81.4 Å². The molecular weight excluding hydrogens is 372 g/mol. The molecule has 1 radical (unpaired) electrons. The van der Waals surface area contributed by atoms with Crippen molar-refractivity contribution < 1.29 is 27.3 Å². The molecule has 25 heavy (non-hydrogen) atoms. The van der Waals surface area contributed by atoms with Gasteiger partial charge in [-0.05, 0) is 34.4 Å². The number of hydrogen-bond donors (Lipinski definition) is 2. The van der Waals surface area contributed by atoms with Crippen LogP contribution in [0.3, 0.4) is 0 Å². The van der Waals surface area contributed by atoms with Gasteiger partial charge in [-0.15, -0.1) is 0 Å². The van der Waals surface area contributed by atoms with Gasteiger partial charge in [0.25, 0.3) is 0 Å². The molecule has 129 valence electrons. The third-order valence-electron chi connectivity index (χ3n) is 3.44. The smallest absolute Gasteiger partial charge is 0.869 e. The van der Waals surface area contributed by atoms with Crippen LogP contribution in [0.2, 0.25) is 0 Å². The van der Waals surface area contributed by atoms with Crippen molar-refractivity contribution in [1.82, 2.24) is 9.97 Å². The van der Waals surface area contributed by atoms with Crippen LogP contribution in [0.25, 0.3) is 21.8 Å². The molecule has 0 aliphatic heterocycles. The summed E-state index contributed by atoms with van der Waals surface area (Å²) in [7, 11) is 0. The topological polar surface area (TPSA) is 112 Å². The number of nitrogens with one attached hydrogen (secondary N) is 2. The van der Waals surface area contributed by atoms with E-state index in [4.69, 9.17) is 0 Å². The number of fused-ring (bicyclic) bond motifs is 2. The second kappa shape index (κ2) is 7.70. The molecule has 0 saturated heterocycles. The largest absolute Gasteiger partial charge is 2.00 e. The Kier molecular flexibility index (Phi) is 5.64. The van der Waals surface area contributed by atoms with Crippen molar-refractivity contribution in [3.8, 4) is 11.5 Å². The van der Waals surface area contributed by atoms with E-state index >= 15 is 0 Å². The molecule has 7 heteroatoms. The molecule has 0 bridgehead atoms. The Morgan fingerprint density at radius 1 is 0.640 bits per heavy atom. The summed E-state index contributed by atoms with van der Waals surface area (Å²) in [6, 6.07) is 17.0. The zero-order chi connectivity index (χ0) is 17.1. The standard InChI is InChI=1S/2C9H7NO2.Cu/c2*11-8-5-6-3-1-2-4-7(6)10-9(8)12;/h2*1-5,11H,(H,10,12);/q;;+2/p-2. The Morgan fingerprint density at radius 2 is 1.00 bits per heavy atom. The molecule has 0 saturated carbocycles. The summed E-state index contributed by atoms with van der Waals surface area (Å²) in [5, 5.41) is 23.3. The van der Waals surface area contributed by atoms with Gasteiger partial charge in [0, 0.05) is 11.0 Å². The van der Waals surface area contributed by atoms with Gasteiger partial charge in [0.1, 0.15) is 0 Å². The molecular formula is C18H12CuN2O4. The predicted octanol–water partition coefficient (Wildman–Crippen LogP) is 1.20. The molecule has 0 spiro atoms. The minimum absolute atomic E-state index is 0. The van der Waals surface area contributed by atoms with Crippen molar-refractivity contribution >= 4 is 21.8 Å². The number of hydrogen-bond acceptors (Lipinski definition) is 4. The first-order valence-electron chi connectivity index (χ1n) is 7.13. The van der Waals surface area contributed by atoms with Crippen molar-refractivity contribution in [2.24, 2.45) is 0 Å². The van der Waals surface area contributed by atoms with Gasteiger partial charge in [-0.3, -0.25) is 9.59 Å². The van der Waals surface area contributed by atoms with Gasteiger partial charge in [-0.2, -0.15) is 0 Å². The number of H-pyrrole nitrogens is 2. The summed E-state index contributed by atoms with van der Waals surface area (Å²) in [6.45, 7) is 0. The quantitative estimate of drug-likeness (QED) is 0.444. The molecule has 0 aliphatic carbocycles. The maximum Gasteiger partial charge on any atom is 2.00 e. The molecule has 0 fully saturated rings. The van der Waals surface area contributed by atoms with E-state index in [2.05, 4.69) is 9.97 Å². The summed E-state index contributed by atoms with van der Waals surface area (Å²) in [5.74, 6) is -0.984. The van der Waals surface area contributed by atoms with E-state index in [9.17, 15) is 19.8 Å². The van der Waals surface area contributed by atoms with Gasteiger partial charge in [0.15, 0.2) is 0 Å². The Morgan fingerprint density at radius 3 is 1.40 bits per heavy atom. The summed E-state index contributed by atoms with van der Waals surface area (Å²) in [4.78, 5) is 26.7. The van der Waals surface area contributed by atoms with Crippen LogP contribution in [-0.4, -0.2) is 9.97 Å². The summed E-state index contributed by atoms with van der Waals surface area (Å²) < 4.78 is 0. The molecule has 0 unspecified atom stereocenters. The van der Waals surface area contributed by atoms with E-state index in [-0.39, 0.29) is 17.1 Å². The van der Waals surface area contributed by atoms with Crippen LogP contribution in [-0.2, 0) is 17.1 Å². The molecule has 2 heterocycles. The minimum atomic E-state index is -0.561. The van der Waals surface area contributed by atoms with Crippen LogP contribution in [0, 0.1) is 0 Å². The number of pyridine rings is 2. The molecule has 6 nitrogen and oxygen atoms in total. The van der Waals surface area contributed by atoms with Crippen LogP contribution < -0.4 is 21.3 Å². The van der Waals surface area contributed by atoms with Crippen LogP contribution in [0.5, 0.6) is 11.5 Å². The van der Waals surface area contributed by atoms with Crippen molar-refractivity contribution in [2.75, 3.05) is 0 Å². The van der Waals surface area contributed by atoms with Crippen molar-refractivity contribution in [3.63, 3.8) is 0 Å². The second-order valence-corrected chi connectivity index (χ2v) is 5.10. The van der Waals surface area contributed by atoms with Crippen LogP contribution in [0.1, 0.15) is 0 Å². The van der Waals surface area contributed by atoms with E-state index in [1.807, 2.05) is 24.3 Å². The van der Waals surface area contributed by atoms with E-state index in [0.29, 0.717) is 11.0 Å². The van der Waals surface area contributed by atoms with Gasteiger partial charge in [-0.25, -0.2) is 0 Å². The first-order valence-corrected chi connectivity index (χ1v) is 7.13. The second-order valence-electron chi connectivity index (χ2n) is 5.10.